The van der Waals surface area contributed by atoms with Crippen LogP contribution in [0.4, 0.5) is 4.39 Å². The van der Waals surface area contributed by atoms with Crippen LogP contribution in [0.2, 0.25) is 0 Å². The number of aromatic nitrogens is 3. The maximum absolute atomic E-state index is 13.0. The van der Waals surface area contributed by atoms with E-state index in [1.165, 1.54) is 17.7 Å². The molecule has 3 heterocycles. The van der Waals surface area contributed by atoms with Gasteiger partial charge in [-0.3, -0.25) is 9.67 Å². The van der Waals surface area contributed by atoms with Gasteiger partial charge in [-0.1, -0.05) is 18.2 Å². The molecule has 0 saturated carbocycles. The molecule has 1 N–H and O–H groups in total. The second kappa shape index (κ2) is 7.76. The van der Waals surface area contributed by atoms with Crippen LogP contribution in [0.3, 0.4) is 0 Å². The van der Waals surface area contributed by atoms with Gasteiger partial charge in [-0.05, 0) is 41.8 Å². The Morgan fingerprint density at radius 3 is 2.88 bits per heavy atom. The first kappa shape index (κ1) is 16.9. The summed E-state index contributed by atoms with van der Waals surface area (Å²) in [4.78, 5) is 4.36. The highest BCUT2D eigenvalue weighted by Crippen LogP contribution is 2.25. The third kappa shape index (κ3) is 3.98. The minimum Gasteiger partial charge on any atom is -0.370 e. The maximum Gasteiger partial charge on any atom is 0.123 e. The number of rotatable bonds is 6. The fourth-order valence-electron chi connectivity index (χ4n) is 3.18. The van der Waals surface area contributed by atoms with Crippen molar-refractivity contribution in [1.82, 2.24) is 20.1 Å². The second-order valence-electron chi connectivity index (χ2n) is 6.43. The Morgan fingerprint density at radius 1 is 1.19 bits per heavy atom. The summed E-state index contributed by atoms with van der Waals surface area (Å²) < 4.78 is 20.8. The van der Waals surface area contributed by atoms with E-state index in [1.807, 2.05) is 22.9 Å². The monoisotopic (exact) mass is 352 g/mol. The van der Waals surface area contributed by atoms with E-state index in [0.717, 1.165) is 23.4 Å². The van der Waals surface area contributed by atoms with Crippen molar-refractivity contribution in [2.24, 2.45) is 0 Å². The summed E-state index contributed by atoms with van der Waals surface area (Å²) in [7, 11) is 0. The number of benzene rings is 1. The molecular formula is C20H21FN4O. The Kier molecular flexibility index (Phi) is 5.04. The molecule has 0 radical (unpaired) electrons. The molecule has 3 aromatic rings. The summed E-state index contributed by atoms with van der Waals surface area (Å²) in [5.74, 6) is -0.215. The predicted molar refractivity (Wildman–Crippen MR) is 96.1 cm³/mol. The number of pyridine rings is 1. The molecule has 6 heteroatoms. The van der Waals surface area contributed by atoms with Crippen LogP contribution >= 0.6 is 0 Å². The molecule has 2 aromatic heterocycles. The number of nitrogens with one attached hydrogen (secondary N) is 1. The Balaban J connectivity index is 1.39. The molecule has 5 nitrogen and oxygen atoms in total. The van der Waals surface area contributed by atoms with Crippen LogP contribution < -0.4 is 5.32 Å². The van der Waals surface area contributed by atoms with Gasteiger partial charge < -0.3 is 10.1 Å². The number of halogens is 1. The number of fused-ring (bicyclic) bond motifs is 1. The highest BCUT2D eigenvalue weighted by atomic mass is 19.1. The Hall–Kier alpha value is -2.57. The van der Waals surface area contributed by atoms with Gasteiger partial charge in [-0.15, -0.1) is 0 Å². The summed E-state index contributed by atoms with van der Waals surface area (Å²) >= 11 is 0. The summed E-state index contributed by atoms with van der Waals surface area (Å²) in [5.41, 5.74) is 4.27. The second-order valence-corrected chi connectivity index (χ2v) is 6.43. The number of nitrogens with zero attached hydrogens (tertiary/aromatic N) is 3. The molecule has 1 unspecified atom stereocenters. The van der Waals surface area contributed by atoms with E-state index in [2.05, 4.69) is 16.5 Å². The van der Waals surface area contributed by atoms with Crippen LogP contribution in [0.15, 0.2) is 54.9 Å². The van der Waals surface area contributed by atoms with E-state index in [1.54, 1.807) is 18.3 Å². The zero-order chi connectivity index (χ0) is 17.8. The fourth-order valence-corrected chi connectivity index (χ4v) is 3.18. The van der Waals surface area contributed by atoms with E-state index in [4.69, 9.17) is 9.84 Å². The lowest BCUT2D eigenvalue weighted by atomic mass is 10.1. The van der Waals surface area contributed by atoms with Gasteiger partial charge in [0.05, 0.1) is 24.5 Å². The summed E-state index contributed by atoms with van der Waals surface area (Å²) in [5, 5.41) is 8.11. The SMILES string of the molecule is Fc1ccc(CNCC2OCCc3cn(Cc4ccccn4)nc32)cc1. The van der Waals surface area contributed by atoms with E-state index in [0.29, 0.717) is 26.2 Å². The molecule has 1 aliphatic rings. The molecule has 4 rings (SSSR count). The van der Waals surface area contributed by atoms with Crippen LogP contribution in [-0.4, -0.2) is 27.9 Å². The summed E-state index contributed by atoms with van der Waals surface area (Å²) in [6.07, 6.45) is 4.71. The Bertz CT molecular complexity index is 848. The van der Waals surface area contributed by atoms with Crippen LogP contribution in [0.25, 0.3) is 0 Å². The molecule has 0 aliphatic carbocycles. The largest absolute Gasteiger partial charge is 0.370 e. The Labute approximate surface area is 151 Å². The van der Waals surface area contributed by atoms with Crippen molar-refractivity contribution in [3.8, 4) is 0 Å². The maximum atomic E-state index is 13.0. The Morgan fingerprint density at radius 2 is 2.08 bits per heavy atom. The highest BCUT2D eigenvalue weighted by Gasteiger charge is 2.24. The van der Waals surface area contributed by atoms with Gasteiger partial charge in [-0.25, -0.2) is 4.39 Å². The standard InChI is InChI=1S/C20H21FN4O/c21-17-6-4-15(5-7-17)11-22-12-19-20-16(8-10-26-19)13-25(24-20)14-18-3-1-2-9-23-18/h1-7,9,13,19,22H,8,10-12,14H2. The third-order valence-corrected chi connectivity index (χ3v) is 4.49. The van der Waals surface area contributed by atoms with Crippen LogP contribution in [0.1, 0.15) is 28.6 Å². The summed E-state index contributed by atoms with van der Waals surface area (Å²) in [6.45, 7) is 2.70. The molecule has 1 atom stereocenters. The molecule has 1 aromatic carbocycles. The zero-order valence-corrected chi connectivity index (χ0v) is 14.4. The fraction of sp³-hybridized carbons (Fsp3) is 0.300. The van der Waals surface area contributed by atoms with Crippen LogP contribution in [0, 0.1) is 5.82 Å². The first-order valence-corrected chi connectivity index (χ1v) is 8.81. The van der Waals surface area contributed by atoms with Crippen LogP contribution in [-0.2, 0) is 24.2 Å². The van der Waals surface area contributed by atoms with Gasteiger partial charge in [0.1, 0.15) is 11.9 Å². The minimum absolute atomic E-state index is 0.0656. The first-order valence-electron chi connectivity index (χ1n) is 8.81. The van der Waals surface area contributed by atoms with Gasteiger partial charge in [0.2, 0.25) is 0 Å². The van der Waals surface area contributed by atoms with E-state index in [9.17, 15) is 4.39 Å². The molecule has 26 heavy (non-hydrogen) atoms. The van der Waals surface area contributed by atoms with Gasteiger partial charge in [0.15, 0.2) is 0 Å². The molecule has 0 saturated heterocycles. The normalized spacial score (nSPS) is 16.4. The lowest BCUT2D eigenvalue weighted by molar-refractivity contribution is 0.0393. The molecule has 0 spiro atoms. The van der Waals surface area contributed by atoms with Gasteiger partial charge in [-0.2, -0.15) is 5.10 Å². The van der Waals surface area contributed by atoms with Crippen molar-refractivity contribution in [2.75, 3.05) is 13.2 Å². The van der Waals surface area contributed by atoms with Gasteiger partial charge in [0.25, 0.3) is 0 Å². The minimum atomic E-state index is -0.215. The molecule has 0 bridgehead atoms. The van der Waals surface area contributed by atoms with Gasteiger partial charge >= 0.3 is 0 Å². The van der Waals surface area contributed by atoms with Crippen molar-refractivity contribution in [3.05, 3.63) is 83.2 Å². The lowest BCUT2D eigenvalue weighted by Crippen LogP contribution is -2.27. The van der Waals surface area contributed by atoms with Crippen molar-refractivity contribution >= 4 is 0 Å². The topological polar surface area (TPSA) is 52.0 Å². The van der Waals surface area contributed by atoms with Crippen LogP contribution in [0.5, 0.6) is 0 Å². The smallest absolute Gasteiger partial charge is 0.123 e. The number of hydrogen-bond donors (Lipinski definition) is 1. The molecule has 0 fully saturated rings. The quantitative estimate of drug-likeness (QED) is 0.741. The third-order valence-electron chi connectivity index (χ3n) is 4.49. The average Bonchev–Trinajstić information content (AvgIpc) is 3.07. The molecule has 134 valence electrons. The van der Waals surface area contributed by atoms with Crippen molar-refractivity contribution in [3.63, 3.8) is 0 Å². The molecular weight excluding hydrogens is 331 g/mol. The first-order chi connectivity index (χ1) is 12.8. The predicted octanol–water partition coefficient (Wildman–Crippen LogP) is 2.87. The van der Waals surface area contributed by atoms with Crippen molar-refractivity contribution in [1.29, 1.82) is 0 Å². The van der Waals surface area contributed by atoms with Crippen molar-refractivity contribution < 1.29 is 9.13 Å². The summed E-state index contributed by atoms with van der Waals surface area (Å²) in [6, 6.07) is 12.4. The lowest BCUT2D eigenvalue weighted by Gasteiger charge is -2.22. The highest BCUT2D eigenvalue weighted by molar-refractivity contribution is 5.23. The van der Waals surface area contributed by atoms with Gasteiger partial charge in [0, 0.05) is 25.5 Å². The molecule has 1 aliphatic heterocycles. The number of hydrogen-bond acceptors (Lipinski definition) is 4. The van der Waals surface area contributed by atoms with E-state index in [-0.39, 0.29) is 11.9 Å². The van der Waals surface area contributed by atoms with E-state index < -0.39 is 0 Å². The van der Waals surface area contributed by atoms with Crippen molar-refractivity contribution in [2.45, 2.75) is 25.6 Å². The average molecular weight is 352 g/mol. The van der Waals surface area contributed by atoms with E-state index >= 15 is 0 Å². The molecule has 0 amide bonds. The zero-order valence-electron chi connectivity index (χ0n) is 14.4. The number of ether oxygens (including phenoxy) is 1.